The largest absolute Gasteiger partial charge is 0.473 e. The zero-order chi connectivity index (χ0) is 19.4. The van der Waals surface area contributed by atoms with Crippen LogP contribution in [0.3, 0.4) is 0 Å². The minimum Gasteiger partial charge on any atom is -0.473 e. The van der Waals surface area contributed by atoms with E-state index in [0.717, 1.165) is 11.3 Å². The molecule has 2 aliphatic carbocycles. The van der Waals surface area contributed by atoms with Gasteiger partial charge >= 0.3 is 0 Å². The number of nitrogens with two attached hydrogens (primary N) is 1. The smallest absolute Gasteiger partial charge is 0.273 e. The second-order valence-electron chi connectivity index (χ2n) is 7.00. The highest BCUT2D eigenvalue weighted by molar-refractivity contribution is 7.16. The van der Waals surface area contributed by atoms with Gasteiger partial charge in [0.15, 0.2) is 11.5 Å². The number of allylic oxidation sites excluding steroid dienone is 1. The van der Waals surface area contributed by atoms with Gasteiger partial charge in [-0.15, -0.1) is 0 Å². The van der Waals surface area contributed by atoms with Gasteiger partial charge in [0.1, 0.15) is 5.52 Å². The Kier molecular flexibility index (Phi) is 4.02. The molecule has 3 aromatic heterocycles. The van der Waals surface area contributed by atoms with Gasteiger partial charge in [0, 0.05) is 6.04 Å². The maximum Gasteiger partial charge on any atom is 0.273 e. The topological polar surface area (TPSA) is 119 Å². The summed E-state index contributed by atoms with van der Waals surface area (Å²) in [6, 6.07) is -0.112. The lowest BCUT2D eigenvalue weighted by Gasteiger charge is -2.27. The first kappa shape index (κ1) is 17.4. The van der Waals surface area contributed by atoms with Crippen molar-refractivity contribution in [3.05, 3.63) is 29.6 Å². The van der Waals surface area contributed by atoms with Crippen LogP contribution in [0.15, 0.2) is 24.5 Å². The molecule has 3 aromatic rings. The molecule has 0 radical (unpaired) electrons. The van der Waals surface area contributed by atoms with E-state index in [-0.39, 0.29) is 29.7 Å². The number of methoxy groups -OCH3 is 1. The van der Waals surface area contributed by atoms with E-state index in [2.05, 4.69) is 37.4 Å². The van der Waals surface area contributed by atoms with Crippen LogP contribution in [0.1, 0.15) is 6.42 Å². The lowest BCUT2D eigenvalue weighted by atomic mass is 9.88. The van der Waals surface area contributed by atoms with Gasteiger partial charge in [0.25, 0.3) is 5.19 Å². The second kappa shape index (κ2) is 6.46. The summed E-state index contributed by atoms with van der Waals surface area (Å²) in [5.41, 5.74) is 7.55. The van der Waals surface area contributed by atoms with E-state index in [4.69, 9.17) is 22.1 Å². The number of carbonyl (C=O) groups is 1. The van der Waals surface area contributed by atoms with Gasteiger partial charge in [0.05, 0.1) is 41.0 Å². The Bertz CT molecular complexity index is 1110. The van der Waals surface area contributed by atoms with Crippen LogP contribution in [0.25, 0.3) is 21.9 Å². The molecule has 28 heavy (non-hydrogen) atoms. The van der Waals surface area contributed by atoms with Gasteiger partial charge in [-0.1, -0.05) is 35.1 Å². The van der Waals surface area contributed by atoms with E-state index in [9.17, 15) is 4.79 Å². The lowest BCUT2D eigenvalue weighted by molar-refractivity contribution is -0.122. The summed E-state index contributed by atoms with van der Waals surface area (Å²) >= 11 is 7.83. The predicted molar refractivity (Wildman–Crippen MR) is 107 cm³/mol. The monoisotopic (exact) mass is 416 g/mol. The third kappa shape index (κ3) is 2.65. The lowest BCUT2D eigenvalue weighted by Crippen LogP contribution is -2.41. The first-order valence-electron chi connectivity index (χ1n) is 8.83. The highest BCUT2D eigenvalue weighted by Gasteiger charge is 2.47. The number of aromatic nitrogens is 4. The number of H-pyrrole nitrogens is 1. The number of halogens is 1. The van der Waals surface area contributed by atoms with Gasteiger partial charge < -0.3 is 20.8 Å². The van der Waals surface area contributed by atoms with Crippen molar-refractivity contribution in [2.75, 3.05) is 12.4 Å². The Balaban J connectivity index is 1.55. The quantitative estimate of drug-likeness (QED) is 0.550. The normalized spacial score (nSPS) is 25.5. The highest BCUT2D eigenvalue weighted by atomic mass is 35.5. The van der Waals surface area contributed by atoms with Crippen molar-refractivity contribution in [1.29, 1.82) is 0 Å². The van der Waals surface area contributed by atoms with Crippen molar-refractivity contribution in [2.24, 2.45) is 23.5 Å². The summed E-state index contributed by atoms with van der Waals surface area (Å²) in [7, 11) is 1.57. The van der Waals surface area contributed by atoms with Crippen LogP contribution in [0.4, 0.5) is 5.69 Å². The molecule has 5 rings (SSSR count). The van der Waals surface area contributed by atoms with Crippen LogP contribution in [0.5, 0.6) is 5.19 Å². The Morgan fingerprint density at radius 3 is 2.93 bits per heavy atom. The average molecular weight is 417 g/mol. The van der Waals surface area contributed by atoms with E-state index >= 15 is 0 Å². The number of thiazole rings is 1. The number of pyridine rings is 1. The molecule has 0 unspecified atom stereocenters. The number of hydrogen-bond acceptors (Lipinski definition) is 7. The Morgan fingerprint density at radius 2 is 2.18 bits per heavy atom. The summed E-state index contributed by atoms with van der Waals surface area (Å²) in [5.74, 6) is 0.489. The van der Waals surface area contributed by atoms with E-state index in [1.165, 1.54) is 11.3 Å². The molecule has 0 aromatic carbocycles. The molecule has 0 spiro atoms. The fourth-order valence-corrected chi connectivity index (χ4v) is 5.09. The minimum atomic E-state index is -0.296. The molecule has 2 aliphatic rings. The number of rotatable bonds is 5. The molecule has 1 saturated carbocycles. The minimum absolute atomic E-state index is 0.112. The summed E-state index contributed by atoms with van der Waals surface area (Å²) in [6.07, 6.45) is 8.42. The third-order valence-electron chi connectivity index (χ3n) is 5.46. The second-order valence-corrected chi connectivity index (χ2v) is 8.41. The number of anilines is 1. The fraction of sp³-hybridized carbons (Fsp3) is 0.333. The van der Waals surface area contributed by atoms with Crippen LogP contribution in [0.2, 0.25) is 5.02 Å². The molecule has 4 atom stereocenters. The van der Waals surface area contributed by atoms with Crippen LogP contribution < -0.4 is 15.8 Å². The van der Waals surface area contributed by atoms with Crippen LogP contribution in [-0.4, -0.2) is 39.0 Å². The van der Waals surface area contributed by atoms with Gasteiger partial charge in [-0.05, 0) is 18.3 Å². The van der Waals surface area contributed by atoms with E-state index in [0.29, 0.717) is 32.9 Å². The molecule has 3 heterocycles. The molecule has 8 nitrogen and oxygen atoms in total. The van der Waals surface area contributed by atoms with Crippen molar-refractivity contribution in [3.8, 4) is 15.9 Å². The summed E-state index contributed by atoms with van der Waals surface area (Å²) < 4.78 is 5.15. The number of imidazole rings is 1. The van der Waals surface area contributed by atoms with Crippen LogP contribution >= 0.6 is 22.9 Å². The first-order chi connectivity index (χ1) is 13.5. The van der Waals surface area contributed by atoms with E-state index < -0.39 is 0 Å². The number of fused-ring (bicyclic) bond motifs is 3. The fourth-order valence-electron chi connectivity index (χ4n) is 4.22. The standard InChI is InChI=1S/C18H17ClN6O2S/c1-27-18-22-6-10(28-18)16-24-14-13(9(19)5-21-17(14)25-16)23-12-8-3-2-7(4-8)11(12)15(20)26/h2-3,5-8,11-12H,4H2,1H3,(H2,20,26)(H2,21,23,24,25)/t7-,8+,11+,12-/m1/s1. The number of nitrogens with one attached hydrogen (secondary N) is 2. The maximum atomic E-state index is 12.0. The van der Waals surface area contributed by atoms with Crippen molar-refractivity contribution in [3.63, 3.8) is 0 Å². The summed E-state index contributed by atoms with van der Waals surface area (Å²) in [4.78, 5) is 29.3. The molecule has 1 fully saturated rings. The SMILES string of the molecule is COc1ncc(-c2nc3c(N[C@H]4[C@@H](C(N)=O)[C@@H]5C=C[C@H]4C5)c(Cl)cnc3[nH]2)s1. The number of ether oxygens (including phenoxy) is 1. The molecule has 4 N–H and O–H groups in total. The number of aromatic amines is 1. The van der Waals surface area contributed by atoms with Crippen molar-refractivity contribution in [2.45, 2.75) is 12.5 Å². The molecule has 144 valence electrons. The summed E-state index contributed by atoms with van der Waals surface area (Å²) in [6.45, 7) is 0. The number of primary amides is 1. The first-order valence-corrected chi connectivity index (χ1v) is 10.0. The Morgan fingerprint density at radius 1 is 1.36 bits per heavy atom. The van der Waals surface area contributed by atoms with E-state index in [1.54, 1.807) is 19.5 Å². The zero-order valence-electron chi connectivity index (χ0n) is 14.8. The van der Waals surface area contributed by atoms with Gasteiger partial charge in [-0.25, -0.2) is 15.0 Å². The van der Waals surface area contributed by atoms with Gasteiger partial charge in [0.2, 0.25) is 5.91 Å². The number of hydrogen-bond donors (Lipinski definition) is 3. The molecule has 2 bridgehead atoms. The maximum absolute atomic E-state index is 12.0. The average Bonchev–Trinajstić information content (AvgIpc) is 3.45. The number of nitrogens with zero attached hydrogens (tertiary/aromatic N) is 3. The van der Waals surface area contributed by atoms with Gasteiger partial charge in [-0.2, -0.15) is 0 Å². The Hall–Kier alpha value is -2.65. The van der Waals surface area contributed by atoms with Crippen molar-refractivity contribution in [1.82, 2.24) is 19.9 Å². The molecule has 0 saturated heterocycles. The molecule has 1 amide bonds. The number of carbonyl (C=O) groups excluding carboxylic acids is 1. The van der Waals surface area contributed by atoms with Crippen LogP contribution in [0, 0.1) is 17.8 Å². The zero-order valence-corrected chi connectivity index (χ0v) is 16.4. The Labute approximate surface area is 169 Å². The van der Waals surface area contributed by atoms with Crippen molar-refractivity contribution >= 4 is 45.7 Å². The highest BCUT2D eigenvalue weighted by Crippen LogP contribution is 2.46. The van der Waals surface area contributed by atoms with Crippen LogP contribution in [-0.2, 0) is 4.79 Å². The van der Waals surface area contributed by atoms with Crippen molar-refractivity contribution < 1.29 is 9.53 Å². The molecular weight excluding hydrogens is 400 g/mol. The summed E-state index contributed by atoms with van der Waals surface area (Å²) in [5, 5.41) is 4.45. The predicted octanol–water partition coefficient (Wildman–Crippen LogP) is 2.83. The van der Waals surface area contributed by atoms with E-state index in [1.807, 2.05) is 0 Å². The molecule has 0 aliphatic heterocycles. The van der Waals surface area contributed by atoms with Gasteiger partial charge in [-0.3, -0.25) is 4.79 Å². The third-order valence-corrected chi connectivity index (χ3v) is 6.71. The number of amides is 1. The molecular formula is C18H17ClN6O2S. The molecule has 10 heteroatoms.